The Bertz CT molecular complexity index is 508. The van der Waals surface area contributed by atoms with Crippen molar-refractivity contribution in [3.05, 3.63) is 27.1 Å². The summed E-state index contributed by atoms with van der Waals surface area (Å²) in [6, 6.07) is 5.45. The molecule has 1 aromatic carbocycles. The maximum Gasteiger partial charge on any atom is 0.307 e. The summed E-state index contributed by atoms with van der Waals surface area (Å²) >= 11 is 6.70. The highest BCUT2D eigenvalue weighted by Gasteiger charge is 2.15. The lowest BCUT2D eigenvalue weighted by molar-refractivity contribution is -0.141. The van der Waals surface area contributed by atoms with Crippen molar-refractivity contribution in [1.29, 1.82) is 0 Å². The van der Waals surface area contributed by atoms with E-state index in [1.165, 1.54) is 0 Å². The topological polar surface area (TPSA) is 69.6 Å². The van der Waals surface area contributed by atoms with Gasteiger partial charge in [0.1, 0.15) is 0 Å². The second-order valence-corrected chi connectivity index (χ2v) is 6.38. The van der Waals surface area contributed by atoms with Crippen molar-refractivity contribution in [2.75, 3.05) is 25.5 Å². The van der Waals surface area contributed by atoms with Gasteiger partial charge in [0.25, 0.3) is 0 Å². The Balaban J connectivity index is 2.53. The first kappa shape index (κ1) is 17.1. The summed E-state index contributed by atoms with van der Waals surface area (Å²) in [7, 11) is 1.72. The minimum absolute atomic E-state index is 0.139. The second-order valence-electron chi connectivity index (χ2n) is 4.61. The molecule has 0 fully saturated rings. The van der Waals surface area contributed by atoms with Crippen molar-refractivity contribution < 1.29 is 14.7 Å². The van der Waals surface area contributed by atoms with E-state index in [0.29, 0.717) is 12.2 Å². The van der Waals surface area contributed by atoms with Crippen LogP contribution in [0.1, 0.15) is 6.92 Å². The first-order valence-electron chi connectivity index (χ1n) is 5.96. The van der Waals surface area contributed by atoms with Crippen molar-refractivity contribution >= 4 is 49.4 Å². The summed E-state index contributed by atoms with van der Waals surface area (Å²) in [6.07, 6.45) is 0. The number of likely N-dealkylation sites (N-methyl/N-ethyl adjacent to an activating group) is 1. The van der Waals surface area contributed by atoms with Gasteiger partial charge < -0.3 is 10.4 Å². The van der Waals surface area contributed by atoms with Gasteiger partial charge in [-0.3, -0.25) is 14.5 Å². The molecule has 2 N–H and O–H groups in total. The molecule has 0 aliphatic heterocycles. The zero-order chi connectivity index (χ0) is 15.3. The molecule has 1 unspecified atom stereocenters. The Kier molecular flexibility index (Phi) is 6.64. The van der Waals surface area contributed by atoms with Crippen LogP contribution in [0.15, 0.2) is 27.1 Å². The van der Waals surface area contributed by atoms with Gasteiger partial charge in [0.2, 0.25) is 5.91 Å². The Morgan fingerprint density at radius 2 is 2.05 bits per heavy atom. The van der Waals surface area contributed by atoms with Crippen molar-refractivity contribution in [2.45, 2.75) is 6.92 Å². The smallest absolute Gasteiger partial charge is 0.307 e. The molecule has 1 rings (SSSR count). The van der Waals surface area contributed by atoms with E-state index in [2.05, 4.69) is 37.2 Å². The van der Waals surface area contributed by atoms with Crippen molar-refractivity contribution in [3.8, 4) is 0 Å². The Hall–Kier alpha value is -0.920. The number of carbonyl (C=O) groups is 2. The molecule has 0 saturated heterocycles. The molecule has 5 nitrogen and oxygen atoms in total. The largest absolute Gasteiger partial charge is 0.481 e. The van der Waals surface area contributed by atoms with E-state index in [0.717, 1.165) is 8.95 Å². The number of benzene rings is 1. The number of anilines is 1. The fourth-order valence-electron chi connectivity index (χ4n) is 1.64. The van der Waals surface area contributed by atoms with Gasteiger partial charge in [-0.15, -0.1) is 0 Å². The molecule has 1 aromatic rings. The monoisotopic (exact) mass is 406 g/mol. The molecule has 1 atom stereocenters. The van der Waals surface area contributed by atoms with E-state index < -0.39 is 11.9 Å². The van der Waals surface area contributed by atoms with Crippen LogP contribution in [0.5, 0.6) is 0 Å². The van der Waals surface area contributed by atoms with Gasteiger partial charge >= 0.3 is 5.97 Å². The fourth-order valence-corrected chi connectivity index (χ4v) is 2.78. The Labute approximate surface area is 134 Å². The number of hydrogen-bond donors (Lipinski definition) is 2. The van der Waals surface area contributed by atoms with E-state index in [1.54, 1.807) is 24.9 Å². The first-order chi connectivity index (χ1) is 9.29. The average Bonchev–Trinajstić information content (AvgIpc) is 2.32. The first-order valence-corrected chi connectivity index (χ1v) is 7.54. The van der Waals surface area contributed by atoms with E-state index in [-0.39, 0.29) is 12.5 Å². The Morgan fingerprint density at radius 1 is 1.40 bits per heavy atom. The predicted octanol–water partition coefficient (Wildman–Crippen LogP) is 2.80. The number of nitrogens with one attached hydrogen (secondary N) is 1. The maximum atomic E-state index is 11.9. The number of carbonyl (C=O) groups excluding carboxylic acids is 1. The summed E-state index contributed by atoms with van der Waals surface area (Å²) in [6.45, 7) is 2.08. The van der Waals surface area contributed by atoms with Crippen LogP contribution in [0.4, 0.5) is 5.69 Å². The standard InChI is InChI=1S/C13H16Br2N2O3/c1-8(13(19)20)6-17(2)7-12(18)16-11-4-3-9(14)5-10(11)15/h3-5,8H,6-7H2,1-2H3,(H,16,18)(H,19,20). The predicted molar refractivity (Wildman–Crippen MR) is 84.8 cm³/mol. The number of carboxylic acid groups (broad SMARTS) is 1. The quantitative estimate of drug-likeness (QED) is 0.760. The molecule has 0 aliphatic rings. The van der Waals surface area contributed by atoms with Gasteiger partial charge in [-0.2, -0.15) is 0 Å². The van der Waals surface area contributed by atoms with Gasteiger partial charge in [-0.05, 0) is 41.2 Å². The van der Waals surface area contributed by atoms with Crippen molar-refractivity contribution in [3.63, 3.8) is 0 Å². The summed E-state index contributed by atoms with van der Waals surface area (Å²) in [4.78, 5) is 24.3. The summed E-state index contributed by atoms with van der Waals surface area (Å²) in [5.41, 5.74) is 0.679. The van der Waals surface area contributed by atoms with Gasteiger partial charge in [-0.25, -0.2) is 0 Å². The van der Waals surface area contributed by atoms with Crippen LogP contribution in [0, 0.1) is 5.92 Å². The number of nitrogens with zero attached hydrogens (tertiary/aromatic N) is 1. The zero-order valence-electron chi connectivity index (χ0n) is 11.2. The highest BCUT2D eigenvalue weighted by atomic mass is 79.9. The van der Waals surface area contributed by atoms with Crippen LogP contribution < -0.4 is 5.32 Å². The normalized spacial score (nSPS) is 12.2. The van der Waals surface area contributed by atoms with Crippen LogP contribution in [0.2, 0.25) is 0 Å². The average molecular weight is 408 g/mol. The molecular weight excluding hydrogens is 392 g/mol. The number of rotatable bonds is 6. The van der Waals surface area contributed by atoms with Crippen LogP contribution >= 0.6 is 31.9 Å². The molecule has 0 aromatic heterocycles. The molecule has 0 bridgehead atoms. The van der Waals surface area contributed by atoms with Crippen LogP contribution in [-0.2, 0) is 9.59 Å². The number of amides is 1. The van der Waals surface area contributed by atoms with Crippen LogP contribution in [-0.4, -0.2) is 42.0 Å². The lowest BCUT2D eigenvalue weighted by Crippen LogP contribution is -2.35. The van der Waals surface area contributed by atoms with Gasteiger partial charge in [0.05, 0.1) is 18.2 Å². The van der Waals surface area contributed by atoms with E-state index >= 15 is 0 Å². The molecule has 0 spiro atoms. The molecule has 7 heteroatoms. The number of carboxylic acids is 1. The minimum atomic E-state index is -0.868. The van der Waals surface area contributed by atoms with Crippen molar-refractivity contribution in [2.24, 2.45) is 5.92 Å². The minimum Gasteiger partial charge on any atom is -0.481 e. The van der Waals surface area contributed by atoms with Crippen LogP contribution in [0.3, 0.4) is 0 Å². The SMILES string of the molecule is CC(CN(C)CC(=O)Nc1ccc(Br)cc1Br)C(=O)O. The molecule has 0 aliphatic carbocycles. The third-order valence-electron chi connectivity index (χ3n) is 2.63. The summed E-state index contributed by atoms with van der Waals surface area (Å²) in [5.74, 6) is -1.56. The highest BCUT2D eigenvalue weighted by Crippen LogP contribution is 2.26. The van der Waals surface area contributed by atoms with Crippen LogP contribution in [0.25, 0.3) is 0 Å². The van der Waals surface area contributed by atoms with E-state index in [4.69, 9.17) is 5.11 Å². The van der Waals surface area contributed by atoms with Gasteiger partial charge in [-0.1, -0.05) is 22.9 Å². The highest BCUT2D eigenvalue weighted by molar-refractivity contribution is 9.11. The van der Waals surface area contributed by atoms with Gasteiger partial charge in [0, 0.05) is 15.5 Å². The maximum absolute atomic E-state index is 11.9. The third-order valence-corrected chi connectivity index (χ3v) is 3.78. The second kappa shape index (κ2) is 7.75. The molecule has 1 amide bonds. The number of hydrogen-bond acceptors (Lipinski definition) is 3. The summed E-state index contributed by atoms with van der Waals surface area (Å²) in [5, 5.41) is 11.6. The molecule has 0 radical (unpaired) electrons. The summed E-state index contributed by atoms with van der Waals surface area (Å²) < 4.78 is 1.69. The lowest BCUT2D eigenvalue weighted by atomic mass is 10.2. The molecule has 110 valence electrons. The third kappa shape index (κ3) is 5.60. The van der Waals surface area contributed by atoms with Gasteiger partial charge in [0.15, 0.2) is 0 Å². The molecule has 20 heavy (non-hydrogen) atoms. The molecule has 0 saturated carbocycles. The lowest BCUT2D eigenvalue weighted by Gasteiger charge is -2.18. The van der Waals surface area contributed by atoms with E-state index in [1.807, 2.05) is 12.1 Å². The molecule has 0 heterocycles. The Morgan fingerprint density at radius 3 is 2.60 bits per heavy atom. The van der Waals surface area contributed by atoms with E-state index in [9.17, 15) is 9.59 Å². The van der Waals surface area contributed by atoms with Crippen molar-refractivity contribution in [1.82, 2.24) is 4.90 Å². The fraction of sp³-hybridized carbons (Fsp3) is 0.385. The molecular formula is C13H16Br2N2O3. The number of aliphatic carboxylic acids is 1. The number of halogens is 2. The zero-order valence-corrected chi connectivity index (χ0v) is 14.4.